The van der Waals surface area contributed by atoms with Gasteiger partial charge in [0.1, 0.15) is 0 Å². The van der Waals surface area contributed by atoms with Crippen molar-refractivity contribution in [2.75, 3.05) is 18.4 Å². The minimum absolute atomic E-state index is 0.604. The van der Waals surface area contributed by atoms with Crippen LogP contribution < -0.4 is 5.32 Å². The van der Waals surface area contributed by atoms with E-state index in [1.165, 1.54) is 56.4 Å². The molecule has 1 aromatic rings. The molecule has 0 amide bonds. The molecule has 1 atom stereocenters. The minimum Gasteiger partial charge on any atom is -0.382 e. The number of anilines is 1. The Balaban J connectivity index is 1.61. The van der Waals surface area contributed by atoms with Gasteiger partial charge in [0.15, 0.2) is 0 Å². The fourth-order valence-electron chi connectivity index (χ4n) is 3.16. The van der Waals surface area contributed by atoms with Crippen LogP contribution in [0.1, 0.15) is 44.6 Å². The second kappa shape index (κ2) is 5.96. The van der Waals surface area contributed by atoms with E-state index in [1.54, 1.807) is 0 Å². The van der Waals surface area contributed by atoms with Crippen LogP contribution in [0.25, 0.3) is 0 Å². The van der Waals surface area contributed by atoms with E-state index in [1.807, 2.05) is 0 Å². The molecule has 1 heterocycles. The number of rotatable bonds is 6. The lowest BCUT2D eigenvalue weighted by molar-refractivity contribution is 0.332. The van der Waals surface area contributed by atoms with Crippen LogP contribution in [0, 0.1) is 5.92 Å². The fourth-order valence-corrected chi connectivity index (χ4v) is 3.16. The van der Waals surface area contributed by atoms with Crippen LogP contribution in [0.5, 0.6) is 0 Å². The Morgan fingerprint density at radius 3 is 2.68 bits per heavy atom. The summed E-state index contributed by atoms with van der Waals surface area (Å²) in [5, 5.41) is 3.73. The van der Waals surface area contributed by atoms with Gasteiger partial charge in [-0.15, -0.1) is 0 Å². The number of para-hydroxylation sites is 1. The summed E-state index contributed by atoms with van der Waals surface area (Å²) in [6.45, 7) is 5.97. The highest BCUT2D eigenvalue weighted by atomic mass is 15.1. The first kappa shape index (κ1) is 13.0. The number of nitrogens with one attached hydrogen (secondary N) is 1. The number of likely N-dealkylation sites (tertiary alicyclic amines) is 1. The summed E-state index contributed by atoms with van der Waals surface area (Å²) in [5.74, 6) is 0.994. The minimum atomic E-state index is 0.604. The van der Waals surface area contributed by atoms with Gasteiger partial charge >= 0.3 is 0 Å². The predicted molar refractivity (Wildman–Crippen MR) is 81.4 cm³/mol. The van der Waals surface area contributed by atoms with Gasteiger partial charge in [-0.1, -0.05) is 31.0 Å². The summed E-state index contributed by atoms with van der Waals surface area (Å²) in [4.78, 5) is 2.58. The smallest absolute Gasteiger partial charge is 0.0387 e. The Morgan fingerprint density at radius 2 is 1.95 bits per heavy atom. The summed E-state index contributed by atoms with van der Waals surface area (Å²) in [6, 6.07) is 9.45. The Bertz CT molecular complexity index is 405. The van der Waals surface area contributed by atoms with Crippen molar-refractivity contribution in [3.05, 3.63) is 29.8 Å². The van der Waals surface area contributed by atoms with Crippen LogP contribution in [-0.4, -0.2) is 24.0 Å². The lowest BCUT2D eigenvalue weighted by Crippen LogP contribution is -2.21. The molecule has 1 aromatic carbocycles. The molecule has 0 radical (unpaired) electrons. The molecule has 0 bridgehead atoms. The third-order valence-corrected chi connectivity index (χ3v) is 4.40. The van der Waals surface area contributed by atoms with Gasteiger partial charge in [-0.2, -0.15) is 0 Å². The lowest BCUT2D eigenvalue weighted by Gasteiger charge is -2.21. The van der Waals surface area contributed by atoms with Crippen LogP contribution in [0.3, 0.4) is 0 Å². The normalized spacial score (nSPS) is 21.5. The molecule has 1 unspecified atom stereocenters. The van der Waals surface area contributed by atoms with Crippen LogP contribution in [-0.2, 0) is 6.54 Å². The maximum absolute atomic E-state index is 3.73. The zero-order valence-corrected chi connectivity index (χ0v) is 12.1. The zero-order chi connectivity index (χ0) is 13.1. The quantitative estimate of drug-likeness (QED) is 0.833. The molecule has 2 heteroatoms. The van der Waals surface area contributed by atoms with Crippen molar-refractivity contribution < 1.29 is 0 Å². The van der Waals surface area contributed by atoms with Crippen molar-refractivity contribution in [2.24, 2.45) is 5.92 Å². The molecule has 104 valence electrons. The van der Waals surface area contributed by atoms with Gasteiger partial charge in [0.05, 0.1) is 0 Å². The fraction of sp³-hybridized carbons (Fsp3) is 0.647. The van der Waals surface area contributed by atoms with E-state index < -0.39 is 0 Å². The van der Waals surface area contributed by atoms with Gasteiger partial charge in [0.2, 0.25) is 0 Å². The molecular formula is C17H26N2. The van der Waals surface area contributed by atoms with E-state index in [4.69, 9.17) is 0 Å². The Labute approximate surface area is 117 Å². The second-order valence-electron chi connectivity index (χ2n) is 6.36. The molecule has 0 aromatic heterocycles. The molecule has 2 fully saturated rings. The van der Waals surface area contributed by atoms with E-state index in [0.717, 1.165) is 12.5 Å². The summed E-state index contributed by atoms with van der Waals surface area (Å²) >= 11 is 0. The highest BCUT2D eigenvalue weighted by Gasteiger charge is 2.23. The van der Waals surface area contributed by atoms with Crippen LogP contribution in [0.2, 0.25) is 0 Å². The van der Waals surface area contributed by atoms with Crippen molar-refractivity contribution in [2.45, 2.75) is 51.6 Å². The molecule has 0 spiro atoms. The van der Waals surface area contributed by atoms with Gasteiger partial charge in [0, 0.05) is 18.3 Å². The first-order valence-corrected chi connectivity index (χ1v) is 7.88. The van der Waals surface area contributed by atoms with Gasteiger partial charge in [-0.25, -0.2) is 0 Å². The standard InChI is InChI=1S/C17H26N2/c1-14(12-15-8-9-15)18-17-7-3-2-6-16(17)13-19-10-4-5-11-19/h2-3,6-7,14-15,18H,4-5,8-13H2,1H3. The Morgan fingerprint density at radius 1 is 1.21 bits per heavy atom. The number of hydrogen-bond acceptors (Lipinski definition) is 2. The maximum Gasteiger partial charge on any atom is 0.0387 e. The average molecular weight is 258 g/mol. The van der Waals surface area contributed by atoms with Crippen LogP contribution in [0.4, 0.5) is 5.69 Å². The van der Waals surface area contributed by atoms with Crippen LogP contribution >= 0.6 is 0 Å². The molecule has 1 N–H and O–H groups in total. The van der Waals surface area contributed by atoms with Crippen LogP contribution in [0.15, 0.2) is 24.3 Å². The third-order valence-electron chi connectivity index (χ3n) is 4.40. The molecule has 1 saturated heterocycles. The van der Waals surface area contributed by atoms with Crippen molar-refractivity contribution in [1.29, 1.82) is 0 Å². The molecule has 2 nitrogen and oxygen atoms in total. The van der Waals surface area contributed by atoms with Crippen molar-refractivity contribution >= 4 is 5.69 Å². The summed E-state index contributed by atoms with van der Waals surface area (Å²) in [6.07, 6.45) is 6.96. The zero-order valence-electron chi connectivity index (χ0n) is 12.1. The second-order valence-corrected chi connectivity index (χ2v) is 6.36. The number of benzene rings is 1. The first-order valence-electron chi connectivity index (χ1n) is 7.88. The average Bonchev–Trinajstić information content (AvgIpc) is 3.05. The first-order chi connectivity index (χ1) is 9.31. The predicted octanol–water partition coefficient (Wildman–Crippen LogP) is 3.88. The monoisotopic (exact) mass is 258 g/mol. The van der Waals surface area contributed by atoms with E-state index in [0.29, 0.717) is 6.04 Å². The number of nitrogens with zero attached hydrogens (tertiary/aromatic N) is 1. The summed E-state index contributed by atoms with van der Waals surface area (Å²) in [7, 11) is 0. The van der Waals surface area contributed by atoms with Gasteiger partial charge < -0.3 is 5.32 Å². The van der Waals surface area contributed by atoms with Gasteiger partial charge in [-0.3, -0.25) is 4.90 Å². The summed E-state index contributed by atoms with van der Waals surface area (Å²) < 4.78 is 0. The van der Waals surface area contributed by atoms with Crippen molar-refractivity contribution in [1.82, 2.24) is 4.90 Å². The van der Waals surface area contributed by atoms with Crippen molar-refractivity contribution in [3.8, 4) is 0 Å². The van der Waals surface area contributed by atoms with E-state index in [9.17, 15) is 0 Å². The number of hydrogen-bond donors (Lipinski definition) is 1. The molecule has 1 saturated carbocycles. The highest BCUT2D eigenvalue weighted by Crippen LogP contribution is 2.34. The molecular weight excluding hydrogens is 232 g/mol. The summed E-state index contributed by atoms with van der Waals surface area (Å²) in [5.41, 5.74) is 2.81. The highest BCUT2D eigenvalue weighted by molar-refractivity contribution is 5.51. The van der Waals surface area contributed by atoms with Gasteiger partial charge in [0.25, 0.3) is 0 Å². The Kier molecular flexibility index (Phi) is 4.07. The van der Waals surface area contributed by atoms with E-state index in [2.05, 4.69) is 41.4 Å². The molecule has 1 aliphatic heterocycles. The van der Waals surface area contributed by atoms with Gasteiger partial charge in [-0.05, 0) is 56.8 Å². The van der Waals surface area contributed by atoms with E-state index >= 15 is 0 Å². The topological polar surface area (TPSA) is 15.3 Å². The molecule has 19 heavy (non-hydrogen) atoms. The molecule has 3 rings (SSSR count). The lowest BCUT2D eigenvalue weighted by atomic mass is 10.1. The third kappa shape index (κ3) is 3.73. The largest absolute Gasteiger partial charge is 0.382 e. The maximum atomic E-state index is 3.73. The van der Waals surface area contributed by atoms with Crippen molar-refractivity contribution in [3.63, 3.8) is 0 Å². The molecule has 2 aliphatic rings. The molecule has 1 aliphatic carbocycles. The SMILES string of the molecule is CC(CC1CC1)Nc1ccccc1CN1CCCC1. The Hall–Kier alpha value is -1.02. The van der Waals surface area contributed by atoms with E-state index in [-0.39, 0.29) is 0 Å².